The normalized spacial score (nSPS) is 9.69. The average Bonchev–Trinajstić information content (AvgIpc) is 2.17. The van der Waals surface area contributed by atoms with Crippen LogP contribution in [0.2, 0.25) is 0 Å². The Bertz CT molecular complexity index is 323. The Morgan fingerprint density at radius 1 is 1.62 bits per heavy atom. The van der Waals surface area contributed by atoms with Crippen molar-refractivity contribution in [2.75, 3.05) is 13.7 Å². The average molecular weight is 181 g/mol. The quantitative estimate of drug-likeness (QED) is 0.667. The highest BCUT2D eigenvalue weighted by atomic mass is 16.5. The minimum Gasteiger partial charge on any atom is -0.504 e. The number of benzene rings is 1. The maximum atomic E-state index is 11.2. The van der Waals surface area contributed by atoms with Crippen molar-refractivity contribution in [2.45, 2.75) is 0 Å². The van der Waals surface area contributed by atoms with Crippen LogP contribution in [-0.4, -0.2) is 24.5 Å². The first kappa shape index (κ1) is 9.54. The Kier molecular flexibility index (Phi) is 2.87. The van der Waals surface area contributed by atoms with Gasteiger partial charge in [-0.2, -0.15) is 0 Å². The van der Waals surface area contributed by atoms with E-state index in [-0.39, 0.29) is 29.4 Å². The number of nitrogens with two attached hydrogens (primary N) is 1. The predicted octanol–water partition coefficient (Wildman–Crippen LogP) is 0.542. The Labute approximate surface area is 75.9 Å². The molecule has 0 bridgehead atoms. The molecule has 4 heteroatoms. The van der Waals surface area contributed by atoms with Crippen LogP contribution < -0.4 is 10.5 Å². The summed E-state index contributed by atoms with van der Waals surface area (Å²) in [5.74, 6) is -0.184. The van der Waals surface area contributed by atoms with Crippen LogP contribution in [0.25, 0.3) is 0 Å². The third-order valence-electron chi connectivity index (χ3n) is 1.70. The standard InChI is InChI=1S/C9H11NO3/c1-13-8-4-2-3-6(9(8)12)7(11)5-10/h2-4,12H,5,10H2,1H3. The Morgan fingerprint density at radius 3 is 2.85 bits per heavy atom. The van der Waals surface area contributed by atoms with Crippen LogP contribution in [-0.2, 0) is 0 Å². The lowest BCUT2D eigenvalue weighted by Crippen LogP contribution is -2.13. The maximum absolute atomic E-state index is 11.2. The summed E-state index contributed by atoms with van der Waals surface area (Å²) in [5, 5.41) is 9.49. The highest BCUT2D eigenvalue weighted by Crippen LogP contribution is 2.29. The van der Waals surface area contributed by atoms with Gasteiger partial charge in [0.1, 0.15) is 0 Å². The summed E-state index contributed by atoms with van der Waals surface area (Å²) < 4.78 is 4.84. The van der Waals surface area contributed by atoms with Gasteiger partial charge in [-0.1, -0.05) is 6.07 Å². The van der Waals surface area contributed by atoms with Crippen LogP contribution in [0.15, 0.2) is 18.2 Å². The molecule has 1 rings (SSSR count). The van der Waals surface area contributed by atoms with Gasteiger partial charge in [0.15, 0.2) is 17.3 Å². The molecular formula is C9H11NO3. The molecule has 1 aromatic carbocycles. The van der Waals surface area contributed by atoms with Crippen LogP contribution >= 0.6 is 0 Å². The maximum Gasteiger partial charge on any atom is 0.180 e. The summed E-state index contributed by atoms with van der Waals surface area (Å²) in [7, 11) is 1.42. The molecule has 3 N–H and O–H groups in total. The fraction of sp³-hybridized carbons (Fsp3) is 0.222. The summed E-state index contributed by atoms with van der Waals surface area (Å²) >= 11 is 0. The van der Waals surface area contributed by atoms with E-state index < -0.39 is 0 Å². The molecule has 0 saturated heterocycles. The molecular weight excluding hydrogens is 170 g/mol. The van der Waals surface area contributed by atoms with Crippen molar-refractivity contribution in [1.82, 2.24) is 0 Å². The second-order valence-electron chi connectivity index (χ2n) is 2.48. The molecule has 0 aliphatic heterocycles. The Morgan fingerprint density at radius 2 is 2.31 bits per heavy atom. The van der Waals surface area contributed by atoms with Crippen molar-refractivity contribution in [3.8, 4) is 11.5 Å². The molecule has 0 fully saturated rings. The monoisotopic (exact) mass is 181 g/mol. The second-order valence-corrected chi connectivity index (χ2v) is 2.48. The van der Waals surface area contributed by atoms with Crippen LogP contribution in [0.5, 0.6) is 11.5 Å². The number of para-hydroxylation sites is 1. The SMILES string of the molecule is COc1cccc(C(=O)CN)c1O. The first-order valence-corrected chi connectivity index (χ1v) is 3.80. The van der Waals surface area contributed by atoms with Crippen molar-refractivity contribution in [1.29, 1.82) is 0 Å². The number of carbonyl (C=O) groups excluding carboxylic acids is 1. The van der Waals surface area contributed by atoms with Crippen molar-refractivity contribution >= 4 is 5.78 Å². The van der Waals surface area contributed by atoms with Gasteiger partial charge >= 0.3 is 0 Å². The zero-order valence-electron chi connectivity index (χ0n) is 7.28. The molecule has 0 spiro atoms. The van der Waals surface area contributed by atoms with E-state index in [9.17, 15) is 9.90 Å². The van der Waals surface area contributed by atoms with Gasteiger partial charge in [0.2, 0.25) is 0 Å². The third-order valence-corrected chi connectivity index (χ3v) is 1.70. The van der Waals surface area contributed by atoms with E-state index in [0.29, 0.717) is 0 Å². The van der Waals surface area contributed by atoms with Crippen molar-refractivity contribution in [2.24, 2.45) is 5.73 Å². The number of ketones is 1. The van der Waals surface area contributed by atoms with E-state index in [0.717, 1.165) is 0 Å². The molecule has 0 saturated carbocycles. The van der Waals surface area contributed by atoms with E-state index in [4.69, 9.17) is 10.5 Å². The van der Waals surface area contributed by atoms with Crippen molar-refractivity contribution in [3.63, 3.8) is 0 Å². The largest absolute Gasteiger partial charge is 0.504 e. The summed E-state index contributed by atoms with van der Waals surface area (Å²) in [6, 6.07) is 4.71. The lowest BCUT2D eigenvalue weighted by Gasteiger charge is -2.06. The number of aromatic hydroxyl groups is 1. The van der Waals surface area contributed by atoms with Crippen molar-refractivity contribution < 1.29 is 14.6 Å². The van der Waals surface area contributed by atoms with Gasteiger partial charge in [0.25, 0.3) is 0 Å². The second kappa shape index (κ2) is 3.91. The summed E-state index contributed by atoms with van der Waals surface area (Å²) in [6.07, 6.45) is 0. The number of hydrogen-bond acceptors (Lipinski definition) is 4. The first-order valence-electron chi connectivity index (χ1n) is 3.80. The zero-order valence-corrected chi connectivity index (χ0v) is 7.28. The minimum atomic E-state index is -0.309. The smallest absolute Gasteiger partial charge is 0.180 e. The number of rotatable bonds is 3. The predicted molar refractivity (Wildman–Crippen MR) is 48.0 cm³/mol. The third kappa shape index (κ3) is 1.78. The van der Waals surface area contributed by atoms with Crippen LogP contribution in [0.3, 0.4) is 0 Å². The molecule has 0 aliphatic carbocycles. The molecule has 0 radical (unpaired) electrons. The fourth-order valence-corrected chi connectivity index (χ4v) is 1.02. The lowest BCUT2D eigenvalue weighted by molar-refractivity contribution is 0.0998. The van der Waals surface area contributed by atoms with Gasteiger partial charge in [-0.05, 0) is 12.1 Å². The molecule has 4 nitrogen and oxygen atoms in total. The molecule has 1 aromatic rings. The van der Waals surface area contributed by atoms with Crippen molar-refractivity contribution in [3.05, 3.63) is 23.8 Å². The summed E-state index contributed by atoms with van der Waals surface area (Å²) in [4.78, 5) is 11.2. The summed E-state index contributed by atoms with van der Waals surface area (Å²) in [5.41, 5.74) is 5.36. The van der Waals surface area contributed by atoms with Gasteiger partial charge in [-0.25, -0.2) is 0 Å². The van der Waals surface area contributed by atoms with Crippen LogP contribution in [0.1, 0.15) is 10.4 Å². The molecule has 70 valence electrons. The topological polar surface area (TPSA) is 72.5 Å². The Balaban J connectivity index is 3.15. The van der Waals surface area contributed by atoms with Gasteiger partial charge in [-0.3, -0.25) is 4.79 Å². The van der Waals surface area contributed by atoms with E-state index in [1.165, 1.54) is 13.2 Å². The van der Waals surface area contributed by atoms with Gasteiger partial charge < -0.3 is 15.6 Å². The summed E-state index contributed by atoms with van der Waals surface area (Å²) in [6.45, 7) is -0.124. The zero-order chi connectivity index (χ0) is 9.84. The highest BCUT2D eigenvalue weighted by molar-refractivity contribution is 6.00. The first-order chi connectivity index (χ1) is 6.20. The number of methoxy groups -OCH3 is 1. The van der Waals surface area contributed by atoms with Gasteiger partial charge in [0, 0.05) is 0 Å². The highest BCUT2D eigenvalue weighted by Gasteiger charge is 2.12. The number of hydrogen-bond donors (Lipinski definition) is 2. The van der Waals surface area contributed by atoms with E-state index in [1.54, 1.807) is 12.1 Å². The van der Waals surface area contributed by atoms with Crippen LogP contribution in [0.4, 0.5) is 0 Å². The Hall–Kier alpha value is -1.55. The molecule has 0 heterocycles. The number of phenolic OH excluding ortho intramolecular Hbond substituents is 1. The molecule has 0 atom stereocenters. The fourth-order valence-electron chi connectivity index (χ4n) is 1.02. The van der Waals surface area contributed by atoms with Gasteiger partial charge in [0.05, 0.1) is 19.2 Å². The number of phenols is 1. The van der Waals surface area contributed by atoms with E-state index in [2.05, 4.69) is 0 Å². The molecule has 0 unspecified atom stereocenters. The molecule has 0 amide bonds. The molecule has 0 aromatic heterocycles. The van der Waals surface area contributed by atoms with E-state index >= 15 is 0 Å². The molecule has 13 heavy (non-hydrogen) atoms. The number of ether oxygens (including phenoxy) is 1. The van der Waals surface area contributed by atoms with Crippen LogP contribution in [0, 0.1) is 0 Å². The molecule has 0 aliphatic rings. The lowest BCUT2D eigenvalue weighted by atomic mass is 10.1. The number of Topliss-reactive ketones (excluding diaryl/α,β-unsaturated/α-hetero) is 1. The minimum absolute atomic E-state index is 0.124. The number of carbonyl (C=O) groups is 1. The van der Waals surface area contributed by atoms with E-state index in [1.807, 2.05) is 0 Å². The van der Waals surface area contributed by atoms with Gasteiger partial charge in [-0.15, -0.1) is 0 Å².